The highest BCUT2D eigenvalue weighted by Crippen LogP contribution is 2.50. The van der Waals surface area contributed by atoms with E-state index in [1.807, 2.05) is 0 Å². The molecule has 0 fully saturated rings. The Morgan fingerprint density at radius 1 is 0.808 bits per heavy atom. The van der Waals surface area contributed by atoms with E-state index in [-0.39, 0.29) is 0 Å². The van der Waals surface area contributed by atoms with Gasteiger partial charge in [0.05, 0.1) is 28.4 Å². The number of ether oxygens (including phenoxy) is 5. The highest BCUT2D eigenvalue weighted by molar-refractivity contribution is 5.58. The van der Waals surface area contributed by atoms with E-state index < -0.39 is 18.3 Å². The minimum atomic E-state index is -1.17. The highest BCUT2D eigenvalue weighted by Gasteiger charge is 2.39. The number of aliphatic hydroxyl groups excluding tert-OH is 2. The van der Waals surface area contributed by atoms with E-state index >= 15 is 0 Å². The molecule has 0 spiro atoms. The van der Waals surface area contributed by atoms with Crippen LogP contribution in [0.15, 0.2) is 30.3 Å². The average Bonchev–Trinajstić information content (AvgIpc) is 2.68. The van der Waals surface area contributed by atoms with E-state index in [0.29, 0.717) is 39.9 Å². The number of hydrogen-bond donors (Lipinski definition) is 2. The summed E-state index contributed by atoms with van der Waals surface area (Å²) in [6.07, 6.45) is -3.13. The summed E-state index contributed by atoms with van der Waals surface area (Å²) in [6, 6.07) is 8.48. The van der Waals surface area contributed by atoms with Gasteiger partial charge in [-0.05, 0) is 29.8 Å². The maximum absolute atomic E-state index is 10.6. The van der Waals surface area contributed by atoms with Crippen molar-refractivity contribution in [3.63, 3.8) is 0 Å². The first-order valence-corrected chi connectivity index (χ1v) is 8.05. The lowest BCUT2D eigenvalue weighted by molar-refractivity contribution is -0.0710. The number of fused-ring (bicyclic) bond motifs is 1. The fourth-order valence-electron chi connectivity index (χ4n) is 3.11. The van der Waals surface area contributed by atoms with E-state index in [1.165, 1.54) is 21.3 Å². The fourth-order valence-corrected chi connectivity index (χ4v) is 3.11. The second-order valence-corrected chi connectivity index (χ2v) is 5.81. The Morgan fingerprint density at radius 2 is 1.46 bits per heavy atom. The Kier molecular flexibility index (Phi) is 5.11. The van der Waals surface area contributed by atoms with Gasteiger partial charge >= 0.3 is 0 Å². The van der Waals surface area contributed by atoms with Gasteiger partial charge < -0.3 is 33.9 Å². The van der Waals surface area contributed by atoms with Crippen LogP contribution >= 0.6 is 0 Å². The molecule has 1 aliphatic rings. The van der Waals surface area contributed by atoms with E-state index in [2.05, 4.69) is 0 Å². The van der Waals surface area contributed by atoms with Crippen molar-refractivity contribution < 1.29 is 33.9 Å². The van der Waals surface area contributed by atoms with Gasteiger partial charge in [-0.3, -0.25) is 0 Å². The molecular weight excluding hydrogens is 340 g/mol. The van der Waals surface area contributed by atoms with Gasteiger partial charge in [-0.1, -0.05) is 6.07 Å². The molecule has 3 rings (SSSR count). The quantitative estimate of drug-likeness (QED) is 0.844. The molecule has 2 aromatic carbocycles. The standard InChI is InChI=1S/C19H22O7/c1-22-12-7-5-10(9-14(12)24-3)17-16(21)15(20)11-6-8-13(23-2)19(25-4)18(11)26-17/h5-9,15-17,20-21H,1-4H3/t15-,16-,17+/m0/s1. The van der Waals surface area contributed by atoms with Crippen LogP contribution in [0.2, 0.25) is 0 Å². The monoisotopic (exact) mass is 362 g/mol. The van der Waals surface area contributed by atoms with Crippen LogP contribution in [0.25, 0.3) is 0 Å². The second-order valence-electron chi connectivity index (χ2n) is 5.81. The molecule has 7 heteroatoms. The van der Waals surface area contributed by atoms with E-state index in [4.69, 9.17) is 23.7 Å². The Bertz CT molecular complexity index is 790. The van der Waals surface area contributed by atoms with Crippen LogP contribution in [0.4, 0.5) is 0 Å². The van der Waals surface area contributed by atoms with Gasteiger partial charge in [0.15, 0.2) is 29.1 Å². The summed E-state index contributed by atoms with van der Waals surface area (Å²) in [5, 5.41) is 21.2. The number of aliphatic hydroxyl groups is 2. The maximum Gasteiger partial charge on any atom is 0.203 e. The Morgan fingerprint density at radius 3 is 2.08 bits per heavy atom. The summed E-state index contributed by atoms with van der Waals surface area (Å²) in [6.45, 7) is 0. The minimum Gasteiger partial charge on any atom is -0.493 e. The van der Waals surface area contributed by atoms with Crippen LogP contribution < -0.4 is 23.7 Å². The third kappa shape index (κ3) is 2.89. The zero-order valence-corrected chi connectivity index (χ0v) is 15.1. The highest BCUT2D eigenvalue weighted by atomic mass is 16.5. The molecule has 0 aromatic heterocycles. The van der Waals surface area contributed by atoms with Crippen LogP contribution in [-0.2, 0) is 0 Å². The zero-order chi connectivity index (χ0) is 18.8. The smallest absolute Gasteiger partial charge is 0.203 e. The lowest BCUT2D eigenvalue weighted by Gasteiger charge is -2.35. The summed E-state index contributed by atoms with van der Waals surface area (Å²) in [5.41, 5.74) is 1.07. The van der Waals surface area contributed by atoms with Crippen molar-refractivity contribution in [3.05, 3.63) is 41.5 Å². The lowest BCUT2D eigenvalue weighted by atomic mass is 9.91. The Labute approximate surface area is 151 Å². The van der Waals surface area contributed by atoms with Gasteiger partial charge in [-0.15, -0.1) is 0 Å². The van der Waals surface area contributed by atoms with Crippen LogP contribution in [0.3, 0.4) is 0 Å². The number of methoxy groups -OCH3 is 4. The van der Waals surface area contributed by atoms with Crippen LogP contribution in [0.5, 0.6) is 28.7 Å². The predicted octanol–water partition coefficient (Wildman–Crippen LogP) is 2.25. The van der Waals surface area contributed by atoms with Crippen molar-refractivity contribution in [2.45, 2.75) is 18.3 Å². The molecule has 3 atom stereocenters. The zero-order valence-electron chi connectivity index (χ0n) is 15.1. The van der Waals surface area contributed by atoms with Crippen molar-refractivity contribution in [1.29, 1.82) is 0 Å². The third-order valence-electron chi connectivity index (χ3n) is 4.46. The average molecular weight is 362 g/mol. The molecule has 0 unspecified atom stereocenters. The fraction of sp³-hybridized carbons (Fsp3) is 0.368. The molecule has 1 aliphatic heterocycles. The molecule has 0 amide bonds. The summed E-state index contributed by atoms with van der Waals surface area (Å²) in [4.78, 5) is 0. The molecular formula is C19H22O7. The van der Waals surface area contributed by atoms with Gasteiger partial charge in [0, 0.05) is 5.56 Å². The van der Waals surface area contributed by atoms with Crippen molar-refractivity contribution in [3.8, 4) is 28.7 Å². The largest absolute Gasteiger partial charge is 0.493 e. The Hall–Kier alpha value is -2.64. The van der Waals surface area contributed by atoms with E-state index in [1.54, 1.807) is 37.4 Å². The minimum absolute atomic E-state index is 0.337. The topological polar surface area (TPSA) is 86.6 Å². The van der Waals surface area contributed by atoms with Crippen LogP contribution in [-0.4, -0.2) is 44.8 Å². The van der Waals surface area contributed by atoms with Gasteiger partial charge in [0.2, 0.25) is 5.75 Å². The van der Waals surface area contributed by atoms with E-state index in [0.717, 1.165) is 0 Å². The van der Waals surface area contributed by atoms with Crippen LogP contribution in [0, 0.1) is 0 Å². The van der Waals surface area contributed by atoms with Gasteiger partial charge in [0.1, 0.15) is 12.2 Å². The molecule has 0 saturated carbocycles. The summed E-state index contributed by atoms with van der Waals surface area (Å²) in [5.74, 6) is 2.23. The normalized spacial score (nSPS) is 21.4. The molecule has 7 nitrogen and oxygen atoms in total. The summed E-state index contributed by atoms with van der Waals surface area (Å²) in [7, 11) is 6.08. The van der Waals surface area contributed by atoms with Gasteiger partial charge in [-0.25, -0.2) is 0 Å². The summed E-state index contributed by atoms with van der Waals surface area (Å²) >= 11 is 0. The SMILES string of the molecule is COc1ccc([C@H]2Oc3c(ccc(OC)c3OC)[C@H](O)[C@@H]2O)cc1OC. The molecule has 140 valence electrons. The number of rotatable bonds is 5. The lowest BCUT2D eigenvalue weighted by Crippen LogP contribution is -2.34. The van der Waals surface area contributed by atoms with Crippen molar-refractivity contribution in [1.82, 2.24) is 0 Å². The number of hydrogen-bond acceptors (Lipinski definition) is 7. The molecule has 26 heavy (non-hydrogen) atoms. The first kappa shape index (κ1) is 18.2. The maximum atomic E-state index is 10.6. The molecule has 1 heterocycles. The van der Waals surface area contributed by atoms with Crippen molar-refractivity contribution in [2.75, 3.05) is 28.4 Å². The molecule has 2 N–H and O–H groups in total. The van der Waals surface area contributed by atoms with Crippen LogP contribution in [0.1, 0.15) is 23.3 Å². The van der Waals surface area contributed by atoms with Crippen molar-refractivity contribution in [2.24, 2.45) is 0 Å². The predicted molar refractivity (Wildman–Crippen MR) is 93.4 cm³/mol. The third-order valence-corrected chi connectivity index (χ3v) is 4.46. The second kappa shape index (κ2) is 7.31. The number of benzene rings is 2. The molecule has 2 aromatic rings. The first-order chi connectivity index (χ1) is 12.5. The van der Waals surface area contributed by atoms with E-state index in [9.17, 15) is 10.2 Å². The molecule has 0 radical (unpaired) electrons. The molecule has 0 saturated heterocycles. The van der Waals surface area contributed by atoms with Crippen molar-refractivity contribution >= 4 is 0 Å². The Balaban J connectivity index is 2.07. The summed E-state index contributed by atoms with van der Waals surface area (Å²) < 4.78 is 27.3. The van der Waals surface area contributed by atoms with Gasteiger partial charge in [0.25, 0.3) is 0 Å². The first-order valence-electron chi connectivity index (χ1n) is 8.05. The van der Waals surface area contributed by atoms with Gasteiger partial charge in [-0.2, -0.15) is 0 Å². The molecule has 0 aliphatic carbocycles. The molecule has 0 bridgehead atoms.